The number of phenols is 1. The van der Waals surface area contributed by atoms with E-state index in [2.05, 4.69) is 38.5 Å². The molecule has 0 aliphatic heterocycles. The number of carbonyl (C=O) groups is 4. The number of nitrogens with zero attached hydrogens (tertiary/aromatic N) is 1. The molecular formula is C24H34N6O6S. The van der Waals surface area contributed by atoms with Crippen LogP contribution in [0, 0.1) is 5.92 Å². The molecule has 0 radical (unpaired) electrons. The number of thiol groups is 1. The summed E-state index contributed by atoms with van der Waals surface area (Å²) in [5.41, 5.74) is 6.85. The average molecular weight is 535 g/mol. The summed E-state index contributed by atoms with van der Waals surface area (Å²) in [7, 11) is 0. The van der Waals surface area contributed by atoms with Gasteiger partial charge in [0.25, 0.3) is 0 Å². The van der Waals surface area contributed by atoms with E-state index in [-0.39, 0.29) is 36.7 Å². The highest BCUT2D eigenvalue weighted by atomic mass is 32.1. The molecule has 0 aliphatic carbocycles. The zero-order chi connectivity index (χ0) is 27.5. The lowest BCUT2D eigenvalue weighted by Crippen LogP contribution is -2.58. The molecule has 0 fully saturated rings. The molecule has 1 heterocycles. The molecule has 12 nitrogen and oxygen atoms in total. The minimum absolute atomic E-state index is 0.00670. The van der Waals surface area contributed by atoms with E-state index in [4.69, 9.17) is 5.73 Å². The zero-order valence-corrected chi connectivity index (χ0v) is 21.6. The van der Waals surface area contributed by atoms with Crippen molar-refractivity contribution in [2.45, 2.75) is 57.3 Å². The number of aromatic amines is 1. The summed E-state index contributed by atoms with van der Waals surface area (Å²) in [5.74, 6) is -3.02. The quantitative estimate of drug-likeness (QED) is 0.152. The number of carboxylic acids is 1. The Morgan fingerprint density at radius 3 is 2.11 bits per heavy atom. The van der Waals surface area contributed by atoms with Gasteiger partial charge in [-0.3, -0.25) is 14.4 Å². The third-order valence-corrected chi connectivity index (χ3v) is 5.87. The lowest BCUT2D eigenvalue weighted by atomic mass is 10.0. The first-order chi connectivity index (χ1) is 17.5. The lowest BCUT2D eigenvalue weighted by molar-refractivity contribution is -0.142. The van der Waals surface area contributed by atoms with E-state index in [0.717, 1.165) is 0 Å². The number of nitrogens with two attached hydrogens (primary N) is 1. The van der Waals surface area contributed by atoms with Gasteiger partial charge in [-0.15, -0.1) is 0 Å². The molecule has 37 heavy (non-hydrogen) atoms. The third-order valence-electron chi connectivity index (χ3n) is 5.48. The van der Waals surface area contributed by atoms with Crippen molar-refractivity contribution in [3.05, 3.63) is 48.0 Å². The van der Waals surface area contributed by atoms with Crippen LogP contribution in [0.3, 0.4) is 0 Å². The van der Waals surface area contributed by atoms with Crippen molar-refractivity contribution in [3.8, 4) is 5.75 Å². The number of amides is 3. The molecule has 4 atom stereocenters. The second-order valence-electron chi connectivity index (χ2n) is 9.09. The van der Waals surface area contributed by atoms with Gasteiger partial charge in [0.1, 0.15) is 23.9 Å². The number of imidazole rings is 1. The molecule has 2 rings (SSSR count). The number of nitrogens with one attached hydrogen (secondary N) is 4. The fourth-order valence-corrected chi connectivity index (χ4v) is 3.67. The summed E-state index contributed by atoms with van der Waals surface area (Å²) in [6.07, 6.45) is 3.09. The SMILES string of the molecule is CC(C)CC(NC(=O)C(N)CS)C(=O)NC(Cc1ccc(O)cc1)C(=O)NC(Cc1cnc[nH]1)C(=O)O. The van der Waals surface area contributed by atoms with Crippen molar-refractivity contribution in [1.82, 2.24) is 25.9 Å². The number of aliphatic carboxylic acids is 1. The predicted molar refractivity (Wildman–Crippen MR) is 139 cm³/mol. The monoisotopic (exact) mass is 534 g/mol. The zero-order valence-electron chi connectivity index (χ0n) is 20.7. The van der Waals surface area contributed by atoms with Crippen LogP contribution in [0.4, 0.5) is 0 Å². The second-order valence-corrected chi connectivity index (χ2v) is 9.46. The van der Waals surface area contributed by atoms with Crippen molar-refractivity contribution in [3.63, 3.8) is 0 Å². The Morgan fingerprint density at radius 2 is 1.57 bits per heavy atom. The first-order valence-electron chi connectivity index (χ1n) is 11.8. The first-order valence-corrected chi connectivity index (χ1v) is 12.4. The molecule has 0 bridgehead atoms. The minimum Gasteiger partial charge on any atom is -0.508 e. The van der Waals surface area contributed by atoms with E-state index in [1.165, 1.54) is 24.7 Å². The summed E-state index contributed by atoms with van der Waals surface area (Å²) < 4.78 is 0. The highest BCUT2D eigenvalue weighted by Crippen LogP contribution is 2.13. The number of carboxylic acid groups (broad SMARTS) is 1. The Labute approximate surface area is 220 Å². The molecule has 8 N–H and O–H groups in total. The van der Waals surface area contributed by atoms with Crippen LogP contribution in [-0.2, 0) is 32.0 Å². The molecule has 4 unspecified atom stereocenters. The second kappa shape index (κ2) is 14.2. The molecule has 3 amide bonds. The van der Waals surface area contributed by atoms with Gasteiger partial charge in [-0.05, 0) is 30.0 Å². The van der Waals surface area contributed by atoms with Crippen LogP contribution in [0.5, 0.6) is 5.75 Å². The maximum Gasteiger partial charge on any atom is 0.326 e. The Bertz CT molecular complexity index is 1050. The molecule has 0 spiro atoms. The first kappa shape index (κ1) is 29.6. The minimum atomic E-state index is -1.29. The standard InChI is InChI=1S/C24H34N6O6S/c1-13(2)7-18(28-21(32)17(25)11-37)22(33)29-19(8-14-3-5-16(31)6-4-14)23(34)30-20(24(35)36)9-15-10-26-12-27-15/h3-6,10,12-13,17-20,31,37H,7-9,11,25H2,1-2H3,(H,26,27)(H,28,32)(H,29,33)(H,30,34)(H,35,36). The summed E-state index contributed by atoms with van der Waals surface area (Å²) in [4.78, 5) is 57.3. The number of hydrogen-bond donors (Lipinski definition) is 8. The summed E-state index contributed by atoms with van der Waals surface area (Å²) >= 11 is 4.01. The average Bonchev–Trinajstić information content (AvgIpc) is 3.36. The van der Waals surface area contributed by atoms with E-state index < -0.39 is 47.9 Å². The number of rotatable bonds is 14. The summed E-state index contributed by atoms with van der Waals surface area (Å²) in [6.45, 7) is 3.75. The Balaban J connectivity index is 2.25. The normalized spacial score (nSPS) is 14.3. The molecule has 2 aromatic rings. The fourth-order valence-electron chi connectivity index (χ4n) is 3.50. The van der Waals surface area contributed by atoms with Gasteiger partial charge in [-0.2, -0.15) is 12.6 Å². The van der Waals surface area contributed by atoms with Crippen LogP contribution in [-0.4, -0.2) is 73.8 Å². The predicted octanol–water partition coefficient (Wildman–Crippen LogP) is -0.257. The van der Waals surface area contributed by atoms with Gasteiger partial charge < -0.3 is 36.9 Å². The molecule has 0 aliphatic rings. The maximum absolute atomic E-state index is 13.2. The fraction of sp³-hybridized carbons (Fsp3) is 0.458. The van der Waals surface area contributed by atoms with Gasteiger partial charge in [0, 0.05) is 30.5 Å². The van der Waals surface area contributed by atoms with Crippen LogP contribution in [0.2, 0.25) is 0 Å². The lowest BCUT2D eigenvalue weighted by Gasteiger charge is -2.26. The Morgan fingerprint density at radius 1 is 0.973 bits per heavy atom. The molecular weight excluding hydrogens is 500 g/mol. The van der Waals surface area contributed by atoms with Crippen molar-refractivity contribution < 1.29 is 29.4 Å². The molecule has 202 valence electrons. The maximum atomic E-state index is 13.2. The third kappa shape index (κ3) is 9.77. The molecule has 0 saturated heterocycles. The number of aromatic nitrogens is 2. The highest BCUT2D eigenvalue weighted by molar-refractivity contribution is 7.80. The van der Waals surface area contributed by atoms with Gasteiger partial charge in [-0.1, -0.05) is 26.0 Å². The Kier molecular flexibility index (Phi) is 11.4. The topological polar surface area (TPSA) is 200 Å². The van der Waals surface area contributed by atoms with Gasteiger partial charge >= 0.3 is 5.97 Å². The van der Waals surface area contributed by atoms with Gasteiger partial charge in [0.2, 0.25) is 17.7 Å². The number of phenolic OH excluding ortho intramolecular Hbond substituents is 1. The number of benzene rings is 1. The van der Waals surface area contributed by atoms with Gasteiger partial charge in [-0.25, -0.2) is 9.78 Å². The van der Waals surface area contributed by atoms with Gasteiger partial charge in [0.05, 0.1) is 12.4 Å². The van der Waals surface area contributed by atoms with Crippen LogP contribution in [0.1, 0.15) is 31.5 Å². The summed E-state index contributed by atoms with van der Waals surface area (Å²) in [6, 6.07) is 1.68. The van der Waals surface area contributed by atoms with Crippen LogP contribution < -0.4 is 21.7 Å². The van der Waals surface area contributed by atoms with Crippen molar-refractivity contribution in [2.75, 3.05) is 5.75 Å². The Hall–Kier alpha value is -3.58. The van der Waals surface area contributed by atoms with Crippen LogP contribution in [0.25, 0.3) is 0 Å². The van der Waals surface area contributed by atoms with Gasteiger partial charge in [0.15, 0.2) is 0 Å². The summed E-state index contributed by atoms with van der Waals surface area (Å²) in [5, 5.41) is 26.9. The molecule has 1 aromatic heterocycles. The van der Waals surface area contributed by atoms with Crippen molar-refractivity contribution >= 4 is 36.3 Å². The van der Waals surface area contributed by atoms with E-state index in [9.17, 15) is 29.4 Å². The largest absolute Gasteiger partial charge is 0.508 e. The van der Waals surface area contributed by atoms with Crippen molar-refractivity contribution in [2.24, 2.45) is 11.7 Å². The van der Waals surface area contributed by atoms with Crippen LogP contribution >= 0.6 is 12.6 Å². The van der Waals surface area contributed by atoms with Crippen molar-refractivity contribution in [1.29, 1.82) is 0 Å². The number of carbonyl (C=O) groups excluding carboxylic acids is 3. The number of aromatic hydroxyl groups is 1. The van der Waals surface area contributed by atoms with E-state index in [1.54, 1.807) is 12.1 Å². The molecule has 0 saturated carbocycles. The van der Waals surface area contributed by atoms with E-state index >= 15 is 0 Å². The smallest absolute Gasteiger partial charge is 0.326 e. The molecule has 13 heteroatoms. The van der Waals surface area contributed by atoms with E-state index in [1.807, 2.05) is 13.8 Å². The number of hydrogen-bond acceptors (Lipinski definition) is 8. The highest BCUT2D eigenvalue weighted by Gasteiger charge is 2.31. The van der Waals surface area contributed by atoms with E-state index in [0.29, 0.717) is 11.3 Å². The number of H-pyrrole nitrogens is 1. The van der Waals surface area contributed by atoms with Crippen LogP contribution in [0.15, 0.2) is 36.8 Å². The molecule has 1 aromatic carbocycles.